The molecule has 0 atom stereocenters. The lowest BCUT2D eigenvalue weighted by Gasteiger charge is -2.01. The molecule has 0 aliphatic rings. The van der Waals surface area contributed by atoms with Gasteiger partial charge in [0.1, 0.15) is 0 Å². The third-order valence-electron chi connectivity index (χ3n) is 0.288. The summed E-state index contributed by atoms with van der Waals surface area (Å²) >= 11 is 17.3. The van der Waals surface area contributed by atoms with Gasteiger partial charge in [-0.1, -0.05) is 11.7 Å². The fourth-order valence-corrected chi connectivity index (χ4v) is 16.0. The van der Waals surface area contributed by atoms with Crippen molar-refractivity contribution in [1.82, 2.24) is 0 Å². The van der Waals surface area contributed by atoms with Crippen molar-refractivity contribution in [2.24, 2.45) is 0 Å². The molecule has 0 aromatic rings. The summed E-state index contributed by atoms with van der Waals surface area (Å²) < 4.78 is 4.62. The molecular weight excluding hydrogens is 337 g/mol. The molecule has 0 heterocycles. The zero-order valence-corrected chi connectivity index (χ0v) is 12.9. The quantitative estimate of drug-likeness (QED) is 0.322. The first kappa shape index (κ1) is 14.2. The summed E-state index contributed by atoms with van der Waals surface area (Å²) in [6, 6.07) is 0. The van der Waals surface area contributed by atoms with Gasteiger partial charge >= 0.3 is 0 Å². The number of rotatable bonds is 6. The SMILES string of the molecule is S=S(=S)(OS)SSSSSS. The van der Waals surface area contributed by atoms with Crippen molar-refractivity contribution in [3.63, 3.8) is 0 Å². The first-order valence-corrected chi connectivity index (χ1v) is 13.2. The lowest BCUT2D eigenvalue weighted by Crippen LogP contribution is -1.81. The van der Waals surface area contributed by atoms with Gasteiger partial charge in [0.05, 0.1) is 6.46 Å². The zero-order valence-electron chi connectivity index (χ0n) is 4.57. The fourth-order valence-electron chi connectivity index (χ4n) is 0.0815. The molecule has 0 N–H and O–H groups in total. The standard InChI is InChI=1S/H2OS10/c2-1-11(4,5)10-9-8-7-6-3/h2-3H. The first-order valence-electron chi connectivity index (χ1n) is 1.70. The van der Waals surface area contributed by atoms with Crippen LogP contribution < -0.4 is 0 Å². The van der Waals surface area contributed by atoms with Gasteiger partial charge in [0.2, 0.25) is 0 Å². The van der Waals surface area contributed by atoms with Crippen LogP contribution in [0.25, 0.3) is 0 Å². The minimum Gasteiger partial charge on any atom is -0.234 e. The van der Waals surface area contributed by atoms with Crippen molar-refractivity contribution < 1.29 is 3.63 Å². The van der Waals surface area contributed by atoms with Gasteiger partial charge in [-0.05, 0) is 54.9 Å². The van der Waals surface area contributed by atoms with E-state index < -0.39 is 6.46 Å². The van der Waals surface area contributed by atoms with Crippen molar-refractivity contribution in [2.75, 3.05) is 0 Å². The van der Waals surface area contributed by atoms with Gasteiger partial charge in [-0.25, -0.2) is 3.63 Å². The summed E-state index contributed by atoms with van der Waals surface area (Å²) in [6.07, 6.45) is 0. The molecule has 0 fully saturated rings. The van der Waals surface area contributed by atoms with Crippen molar-refractivity contribution in [2.45, 2.75) is 0 Å². The minimum atomic E-state index is -1.86. The highest BCUT2D eigenvalue weighted by Gasteiger charge is 2.02. The molecule has 0 aromatic carbocycles. The van der Waals surface area contributed by atoms with E-state index >= 15 is 0 Å². The highest BCUT2D eigenvalue weighted by molar-refractivity contribution is 9.46. The maximum absolute atomic E-state index is 4.89. The molecule has 0 aromatic heterocycles. The summed E-state index contributed by atoms with van der Waals surface area (Å²) in [5, 5.41) is 0. The predicted molar refractivity (Wildman–Crippen MR) is 79.1 cm³/mol. The maximum Gasteiger partial charge on any atom is 0.0942 e. The Bertz CT molecular complexity index is 163. The molecule has 0 amide bonds. The molecule has 1 nitrogen and oxygen atoms in total. The molecule has 0 spiro atoms. The normalized spacial score (nSPS) is 11.8. The molecule has 0 saturated heterocycles. The molecule has 68 valence electrons. The van der Waals surface area contributed by atoms with Crippen molar-refractivity contribution >= 4 is 103 Å². The Labute approximate surface area is 105 Å². The second-order valence-corrected chi connectivity index (χ2v) is 17.4. The smallest absolute Gasteiger partial charge is 0.0942 e. The maximum atomic E-state index is 4.89. The average Bonchev–Trinajstić information content (AvgIpc) is 1.99. The average molecular weight is 339 g/mol. The van der Waals surface area contributed by atoms with Crippen molar-refractivity contribution in [1.29, 1.82) is 0 Å². The van der Waals surface area contributed by atoms with Crippen LogP contribution in [0.1, 0.15) is 0 Å². The van der Waals surface area contributed by atoms with Crippen LogP contribution in [0.3, 0.4) is 0 Å². The largest absolute Gasteiger partial charge is 0.234 e. The Morgan fingerprint density at radius 2 is 1.82 bits per heavy atom. The third-order valence-corrected chi connectivity index (χ3v) is 16.9. The van der Waals surface area contributed by atoms with E-state index in [9.17, 15) is 0 Å². The molecular formula is H2OS10. The molecule has 0 aliphatic carbocycles. The van der Waals surface area contributed by atoms with E-state index in [0.29, 0.717) is 0 Å². The lowest BCUT2D eigenvalue weighted by atomic mass is 15.9. The van der Waals surface area contributed by atoms with Crippen LogP contribution in [0.2, 0.25) is 0 Å². The fraction of sp³-hybridized carbons (Fsp3) is 0. The van der Waals surface area contributed by atoms with Gasteiger partial charge in [0, 0.05) is 29.5 Å². The molecule has 0 bridgehead atoms. The summed E-state index contributed by atoms with van der Waals surface area (Å²) in [4.78, 5) is 0. The van der Waals surface area contributed by atoms with Crippen LogP contribution >= 0.6 is 73.7 Å². The van der Waals surface area contributed by atoms with E-state index in [0.717, 1.165) is 0 Å². The molecule has 0 radical (unpaired) electrons. The van der Waals surface area contributed by atoms with Gasteiger partial charge in [-0.2, -0.15) is 0 Å². The molecule has 0 saturated carbocycles. The van der Waals surface area contributed by atoms with Crippen LogP contribution in [-0.2, 0) is 32.5 Å². The Hall–Kier alpha value is 3.20. The lowest BCUT2D eigenvalue weighted by molar-refractivity contribution is 0.779. The molecule has 0 aliphatic heterocycles. The van der Waals surface area contributed by atoms with Crippen molar-refractivity contribution in [3.8, 4) is 0 Å². The van der Waals surface area contributed by atoms with Crippen LogP contribution in [0.5, 0.6) is 0 Å². The van der Waals surface area contributed by atoms with E-state index in [2.05, 4.69) is 28.2 Å². The minimum absolute atomic E-state index is 1.34. The van der Waals surface area contributed by atoms with Gasteiger partial charge in [0.25, 0.3) is 0 Å². The number of hydrogen-bond acceptors (Lipinski definition) is 10. The monoisotopic (exact) mass is 338 g/mol. The van der Waals surface area contributed by atoms with Gasteiger partial charge in [-0.3, -0.25) is 0 Å². The molecule has 11 heteroatoms. The predicted octanol–water partition coefficient (Wildman–Crippen LogP) is 3.93. The van der Waals surface area contributed by atoms with E-state index in [4.69, 9.17) is 22.4 Å². The van der Waals surface area contributed by atoms with Gasteiger partial charge < -0.3 is 0 Å². The Kier molecular flexibility index (Phi) is 11.0. The Morgan fingerprint density at radius 3 is 2.27 bits per heavy atom. The van der Waals surface area contributed by atoms with Crippen molar-refractivity contribution in [3.05, 3.63) is 0 Å². The summed E-state index contributed by atoms with van der Waals surface area (Å²) in [5.41, 5.74) is 0. The molecule has 0 unspecified atom stereocenters. The van der Waals surface area contributed by atoms with Gasteiger partial charge in [-0.15, -0.1) is 0 Å². The second-order valence-electron chi connectivity index (χ2n) is 0.829. The van der Waals surface area contributed by atoms with E-state index in [1.54, 1.807) is 9.83 Å². The Balaban J connectivity index is 3.39. The highest BCUT2D eigenvalue weighted by atomic mass is 34.0. The second kappa shape index (κ2) is 8.50. The number of thiol groups is 2. The molecule has 11 heavy (non-hydrogen) atoms. The topological polar surface area (TPSA) is 9.23 Å². The van der Waals surface area contributed by atoms with Crippen LogP contribution in [-0.4, -0.2) is 0 Å². The van der Waals surface area contributed by atoms with Gasteiger partial charge in [0.15, 0.2) is 0 Å². The van der Waals surface area contributed by atoms with E-state index in [1.165, 1.54) is 39.3 Å². The highest BCUT2D eigenvalue weighted by Crippen LogP contribution is 2.51. The van der Waals surface area contributed by atoms with Crippen LogP contribution in [0.4, 0.5) is 0 Å². The molecule has 0 rings (SSSR count). The third kappa shape index (κ3) is 9.50. The van der Waals surface area contributed by atoms with E-state index in [-0.39, 0.29) is 0 Å². The summed E-state index contributed by atoms with van der Waals surface area (Å²) in [5.74, 6) is 0. The Morgan fingerprint density at radius 1 is 1.18 bits per heavy atom. The van der Waals surface area contributed by atoms with Crippen LogP contribution in [0.15, 0.2) is 0 Å². The van der Waals surface area contributed by atoms with Crippen LogP contribution in [0, 0.1) is 0 Å². The first-order chi connectivity index (χ1) is 5.12. The summed E-state index contributed by atoms with van der Waals surface area (Å²) in [7, 11) is 7.31. The summed E-state index contributed by atoms with van der Waals surface area (Å²) in [6.45, 7) is -1.86. The van der Waals surface area contributed by atoms with E-state index in [1.807, 2.05) is 0 Å². The number of hydrogen-bond donors (Lipinski definition) is 2. The zero-order chi connectivity index (χ0) is 8.74.